The van der Waals surface area contributed by atoms with Gasteiger partial charge in [-0.2, -0.15) is 0 Å². The van der Waals surface area contributed by atoms with Gasteiger partial charge >= 0.3 is 0 Å². The van der Waals surface area contributed by atoms with Crippen molar-refractivity contribution in [1.29, 1.82) is 0 Å². The summed E-state index contributed by atoms with van der Waals surface area (Å²) in [5.74, 6) is 2.17. The molecule has 2 aliphatic rings. The number of nitrogens with zero attached hydrogens (tertiary/aromatic N) is 1. The topological polar surface area (TPSA) is 32.3 Å². The Hall–Kier alpha value is -1.06. The van der Waals surface area contributed by atoms with Crippen molar-refractivity contribution in [3.63, 3.8) is 0 Å². The van der Waals surface area contributed by atoms with Crippen LogP contribution in [-0.2, 0) is 11.3 Å². The largest absolute Gasteiger partial charge is 0.335 e. The minimum absolute atomic E-state index is 0. The van der Waals surface area contributed by atoms with Crippen molar-refractivity contribution in [1.82, 2.24) is 10.2 Å². The van der Waals surface area contributed by atoms with Gasteiger partial charge in [0, 0.05) is 19.0 Å². The zero-order valence-corrected chi connectivity index (χ0v) is 16.4. The molecule has 1 N–H and O–H groups in total. The SMILES string of the molecule is CC(CC(=O)N(Cc1ccccc1)C(C)C1CC1)C1CCCNC1.Cl. The lowest BCUT2D eigenvalue weighted by atomic mass is 9.85. The van der Waals surface area contributed by atoms with E-state index in [-0.39, 0.29) is 12.4 Å². The number of carbonyl (C=O) groups excluding carboxylic acids is 1. The van der Waals surface area contributed by atoms with Crippen LogP contribution in [-0.4, -0.2) is 29.9 Å². The number of carbonyl (C=O) groups is 1. The summed E-state index contributed by atoms with van der Waals surface area (Å²) in [4.78, 5) is 15.2. The predicted octanol–water partition coefficient (Wildman–Crippen LogP) is 4.26. The van der Waals surface area contributed by atoms with Crippen LogP contribution in [0.1, 0.15) is 51.5 Å². The van der Waals surface area contributed by atoms with Gasteiger partial charge in [0.25, 0.3) is 0 Å². The molecule has 0 radical (unpaired) electrons. The standard InChI is InChI=1S/C21H32N2O.ClH/c1-16(20-9-6-12-22-14-20)13-21(24)23(17(2)19-10-11-19)15-18-7-4-3-5-8-18;/h3-5,7-8,16-17,19-20,22H,6,9-15H2,1-2H3;1H. The molecular weight excluding hydrogens is 332 g/mol. The number of hydrogen-bond acceptors (Lipinski definition) is 2. The molecule has 3 unspecified atom stereocenters. The summed E-state index contributed by atoms with van der Waals surface area (Å²) in [7, 11) is 0. The molecule has 1 aliphatic carbocycles. The average molecular weight is 365 g/mol. The highest BCUT2D eigenvalue weighted by molar-refractivity contribution is 5.85. The second-order valence-electron chi connectivity index (χ2n) is 7.87. The van der Waals surface area contributed by atoms with E-state index in [1.54, 1.807) is 0 Å². The number of amides is 1. The minimum atomic E-state index is 0. The van der Waals surface area contributed by atoms with E-state index in [1.807, 2.05) is 6.07 Å². The average Bonchev–Trinajstić information content (AvgIpc) is 3.46. The maximum absolute atomic E-state index is 13.1. The van der Waals surface area contributed by atoms with Crippen LogP contribution in [0, 0.1) is 17.8 Å². The Balaban J connectivity index is 0.00000225. The Morgan fingerprint density at radius 1 is 1.16 bits per heavy atom. The molecule has 0 spiro atoms. The van der Waals surface area contributed by atoms with Crippen LogP contribution in [0.25, 0.3) is 0 Å². The Labute approximate surface area is 159 Å². The minimum Gasteiger partial charge on any atom is -0.335 e. The number of halogens is 1. The first-order valence-electron chi connectivity index (χ1n) is 9.69. The molecule has 0 bridgehead atoms. The van der Waals surface area contributed by atoms with E-state index in [2.05, 4.69) is 48.3 Å². The van der Waals surface area contributed by atoms with E-state index in [0.717, 1.165) is 19.6 Å². The molecule has 1 aromatic rings. The van der Waals surface area contributed by atoms with E-state index in [1.165, 1.54) is 31.2 Å². The Morgan fingerprint density at radius 2 is 1.88 bits per heavy atom. The molecule has 1 aromatic carbocycles. The summed E-state index contributed by atoms with van der Waals surface area (Å²) < 4.78 is 0. The number of benzene rings is 1. The van der Waals surface area contributed by atoms with Crippen LogP contribution < -0.4 is 5.32 Å². The molecule has 1 heterocycles. The molecule has 3 atom stereocenters. The van der Waals surface area contributed by atoms with Crippen LogP contribution in [0.3, 0.4) is 0 Å². The van der Waals surface area contributed by atoms with E-state index >= 15 is 0 Å². The van der Waals surface area contributed by atoms with Gasteiger partial charge in [0.05, 0.1) is 0 Å². The summed E-state index contributed by atoms with van der Waals surface area (Å²) in [6.45, 7) is 7.47. The molecule has 2 fully saturated rings. The quantitative estimate of drug-likeness (QED) is 0.783. The van der Waals surface area contributed by atoms with Crippen molar-refractivity contribution in [3.8, 4) is 0 Å². The van der Waals surface area contributed by atoms with E-state index in [0.29, 0.717) is 36.1 Å². The Bertz CT molecular complexity index is 526. The van der Waals surface area contributed by atoms with Crippen molar-refractivity contribution in [2.75, 3.05) is 13.1 Å². The summed E-state index contributed by atoms with van der Waals surface area (Å²) >= 11 is 0. The van der Waals surface area contributed by atoms with Crippen LogP contribution >= 0.6 is 12.4 Å². The highest BCUT2D eigenvalue weighted by Crippen LogP contribution is 2.36. The summed E-state index contributed by atoms with van der Waals surface area (Å²) in [5.41, 5.74) is 1.24. The zero-order chi connectivity index (χ0) is 16.9. The maximum Gasteiger partial charge on any atom is 0.223 e. The molecule has 1 amide bonds. The molecule has 0 aromatic heterocycles. The van der Waals surface area contributed by atoms with E-state index < -0.39 is 0 Å². The molecule has 25 heavy (non-hydrogen) atoms. The van der Waals surface area contributed by atoms with Crippen molar-refractivity contribution >= 4 is 18.3 Å². The fourth-order valence-corrected chi connectivity index (χ4v) is 4.00. The second-order valence-corrected chi connectivity index (χ2v) is 7.87. The molecule has 1 saturated carbocycles. The number of nitrogens with one attached hydrogen (secondary N) is 1. The maximum atomic E-state index is 13.1. The third kappa shape index (κ3) is 5.72. The van der Waals surface area contributed by atoms with Crippen LogP contribution in [0.5, 0.6) is 0 Å². The molecule has 3 rings (SSSR count). The predicted molar refractivity (Wildman–Crippen MR) is 106 cm³/mol. The van der Waals surface area contributed by atoms with Gasteiger partial charge in [-0.3, -0.25) is 4.79 Å². The van der Waals surface area contributed by atoms with Gasteiger partial charge in [-0.1, -0.05) is 37.3 Å². The second kappa shape index (κ2) is 9.59. The lowest BCUT2D eigenvalue weighted by molar-refractivity contribution is -0.135. The molecule has 140 valence electrons. The Kier molecular flexibility index (Phi) is 7.77. The number of rotatable bonds is 7. The summed E-state index contributed by atoms with van der Waals surface area (Å²) in [5, 5.41) is 3.48. The fourth-order valence-electron chi connectivity index (χ4n) is 4.00. The lowest BCUT2D eigenvalue weighted by Crippen LogP contribution is -2.41. The van der Waals surface area contributed by atoms with Gasteiger partial charge in [0.1, 0.15) is 0 Å². The Morgan fingerprint density at radius 3 is 2.48 bits per heavy atom. The van der Waals surface area contributed by atoms with Crippen molar-refractivity contribution in [3.05, 3.63) is 35.9 Å². The smallest absolute Gasteiger partial charge is 0.223 e. The monoisotopic (exact) mass is 364 g/mol. The first kappa shape index (κ1) is 20.3. The van der Waals surface area contributed by atoms with Crippen LogP contribution in [0.2, 0.25) is 0 Å². The van der Waals surface area contributed by atoms with Gasteiger partial charge in [-0.15, -0.1) is 12.4 Å². The van der Waals surface area contributed by atoms with Crippen LogP contribution in [0.15, 0.2) is 30.3 Å². The lowest BCUT2D eigenvalue weighted by Gasteiger charge is -2.33. The van der Waals surface area contributed by atoms with Crippen LogP contribution in [0.4, 0.5) is 0 Å². The summed E-state index contributed by atoms with van der Waals surface area (Å²) in [6.07, 6.45) is 5.76. The van der Waals surface area contributed by atoms with E-state index in [4.69, 9.17) is 0 Å². The first-order valence-corrected chi connectivity index (χ1v) is 9.69. The van der Waals surface area contributed by atoms with Crippen molar-refractivity contribution in [2.24, 2.45) is 17.8 Å². The van der Waals surface area contributed by atoms with Crippen molar-refractivity contribution < 1.29 is 4.79 Å². The van der Waals surface area contributed by atoms with Crippen molar-refractivity contribution in [2.45, 2.75) is 58.5 Å². The molecule has 1 saturated heterocycles. The third-order valence-electron chi connectivity index (χ3n) is 5.95. The molecule has 1 aliphatic heterocycles. The highest BCUT2D eigenvalue weighted by Gasteiger charge is 2.35. The number of piperidine rings is 1. The highest BCUT2D eigenvalue weighted by atomic mass is 35.5. The fraction of sp³-hybridized carbons (Fsp3) is 0.667. The van der Waals surface area contributed by atoms with Gasteiger partial charge in [-0.05, 0) is 69.0 Å². The first-order chi connectivity index (χ1) is 11.6. The van der Waals surface area contributed by atoms with Gasteiger partial charge in [0.2, 0.25) is 5.91 Å². The van der Waals surface area contributed by atoms with Gasteiger partial charge in [0.15, 0.2) is 0 Å². The van der Waals surface area contributed by atoms with Gasteiger partial charge < -0.3 is 10.2 Å². The third-order valence-corrected chi connectivity index (χ3v) is 5.95. The number of hydrogen-bond donors (Lipinski definition) is 1. The molecule has 3 nitrogen and oxygen atoms in total. The summed E-state index contributed by atoms with van der Waals surface area (Å²) in [6, 6.07) is 10.8. The molecule has 4 heteroatoms. The van der Waals surface area contributed by atoms with Gasteiger partial charge in [-0.25, -0.2) is 0 Å². The normalized spacial score (nSPS) is 22.6. The zero-order valence-electron chi connectivity index (χ0n) is 15.6. The molecular formula is C21H33ClN2O. The van der Waals surface area contributed by atoms with E-state index in [9.17, 15) is 4.79 Å².